The third-order valence-corrected chi connectivity index (χ3v) is 1.94. The van der Waals surface area contributed by atoms with Crippen LogP contribution in [0.15, 0.2) is 18.2 Å². The van der Waals surface area contributed by atoms with Gasteiger partial charge in [-0.3, -0.25) is 0 Å². The lowest BCUT2D eigenvalue weighted by molar-refractivity contribution is 0.376. The SMILES string of the molecule is COc1nnc(OC)c2cc[c]cc12. The second kappa shape index (κ2) is 3.49. The van der Waals surface area contributed by atoms with Crippen LogP contribution in [0, 0.1) is 6.07 Å². The lowest BCUT2D eigenvalue weighted by Gasteiger charge is -2.05. The molecule has 0 unspecified atom stereocenters. The number of methoxy groups -OCH3 is 2. The van der Waals surface area contributed by atoms with Gasteiger partial charge in [0.2, 0.25) is 11.8 Å². The summed E-state index contributed by atoms with van der Waals surface area (Å²) in [7, 11) is 3.12. The van der Waals surface area contributed by atoms with E-state index in [1.54, 1.807) is 26.4 Å². The highest BCUT2D eigenvalue weighted by molar-refractivity contribution is 5.90. The van der Waals surface area contributed by atoms with E-state index >= 15 is 0 Å². The largest absolute Gasteiger partial charge is 0.479 e. The summed E-state index contributed by atoms with van der Waals surface area (Å²) in [5.74, 6) is 0.979. The van der Waals surface area contributed by atoms with Gasteiger partial charge in [-0.1, -0.05) is 6.07 Å². The van der Waals surface area contributed by atoms with Crippen LogP contribution in [0.1, 0.15) is 0 Å². The molecule has 0 aliphatic rings. The van der Waals surface area contributed by atoms with Crippen LogP contribution in [0.4, 0.5) is 0 Å². The first-order valence-corrected chi connectivity index (χ1v) is 4.11. The van der Waals surface area contributed by atoms with E-state index in [2.05, 4.69) is 16.3 Å². The zero-order valence-electron chi connectivity index (χ0n) is 7.94. The summed E-state index contributed by atoms with van der Waals surface area (Å²) in [5.41, 5.74) is 0. The first kappa shape index (κ1) is 8.74. The number of nitrogens with zero attached hydrogens (tertiary/aromatic N) is 2. The molecule has 14 heavy (non-hydrogen) atoms. The van der Waals surface area contributed by atoms with Crippen molar-refractivity contribution in [3.8, 4) is 11.8 Å². The zero-order chi connectivity index (χ0) is 9.97. The number of rotatable bonds is 2. The molecule has 0 spiro atoms. The predicted octanol–water partition coefficient (Wildman–Crippen LogP) is 1.45. The molecule has 0 aliphatic heterocycles. The summed E-state index contributed by atoms with van der Waals surface area (Å²) in [6, 6.07) is 8.42. The second-order valence-electron chi connectivity index (χ2n) is 2.69. The Hall–Kier alpha value is -1.84. The lowest BCUT2D eigenvalue weighted by atomic mass is 10.2. The molecule has 1 aromatic carbocycles. The van der Waals surface area contributed by atoms with Crippen LogP contribution in [0.5, 0.6) is 11.8 Å². The number of hydrogen-bond acceptors (Lipinski definition) is 4. The van der Waals surface area contributed by atoms with Crippen LogP contribution in [-0.4, -0.2) is 24.4 Å². The molecular weight excluding hydrogens is 180 g/mol. The van der Waals surface area contributed by atoms with Crippen LogP contribution < -0.4 is 9.47 Å². The molecular formula is C10H9N2O2. The number of aromatic nitrogens is 2. The van der Waals surface area contributed by atoms with Crippen LogP contribution in [0.3, 0.4) is 0 Å². The summed E-state index contributed by atoms with van der Waals surface area (Å²) < 4.78 is 10.2. The van der Waals surface area contributed by atoms with Crippen molar-refractivity contribution in [1.82, 2.24) is 10.2 Å². The fraction of sp³-hybridized carbons (Fsp3) is 0.200. The average Bonchev–Trinajstić information content (AvgIpc) is 2.27. The van der Waals surface area contributed by atoms with Crippen molar-refractivity contribution in [2.75, 3.05) is 14.2 Å². The van der Waals surface area contributed by atoms with E-state index in [9.17, 15) is 0 Å². The molecule has 71 valence electrons. The quantitative estimate of drug-likeness (QED) is 0.717. The molecule has 0 N–H and O–H groups in total. The Morgan fingerprint density at radius 3 is 2.36 bits per heavy atom. The summed E-state index contributed by atoms with van der Waals surface area (Å²) in [4.78, 5) is 0. The van der Waals surface area contributed by atoms with Gasteiger partial charge >= 0.3 is 0 Å². The van der Waals surface area contributed by atoms with E-state index in [1.165, 1.54) is 0 Å². The summed E-state index contributed by atoms with van der Waals surface area (Å²) in [6.45, 7) is 0. The highest BCUT2D eigenvalue weighted by Gasteiger charge is 2.08. The van der Waals surface area contributed by atoms with E-state index in [4.69, 9.17) is 9.47 Å². The van der Waals surface area contributed by atoms with Gasteiger partial charge in [-0.2, -0.15) is 0 Å². The Balaban J connectivity index is 2.78. The Labute approximate surface area is 81.5 Å². The minimum atomic E-state index is 0.484. The zero-order valence-corrected chi connectivity index (χ0v) is 7.94. The van der Waals surface area contributed by atoms with Gasteiger partial charge in [0.1, 0.15) is 0 Å². The number of benzene rings is 1. The summed E-state index contributed by atoms with van der Waals surface area (Å²) in [5, 5.41) is 9.49. The van der Waals surface area contributed by atoms with E-state index in [-0.39, 0.29) is 0 Å². The smallest absolute Gasteiger partial charge is 0.241 e. The molecule has 0 saturated heterocycles. The van der Waals surface area contributed by atoms with Crippen molar-refractivity contribution < 1.29 is 9.47 Å². The summed E-state index contributed by atoms with van der Waals surface area (Å²) >= 11 is 0. The second-order valence-corrected chi connectivity index (χ2v) is 2.69. The van der Waals surface area contributed by atoms with Crippen molar-refractivity contribution in [3.63, 3.8) is 0 Å². The van der Waals surface area contributed by atoms with Gasteiger partial charge < -0.3 is 9.47 Å². The van der Waals surface area contributed by atoms with Crippen molar-refractivity contribution in [2.24, 2.45) is 0 Å². The molecule has 0 atom stereocenters. The molecule has 1 aromatic heterocycles. The standard InChI is InChI=1S/C10H9N2O2/c1-13-9-7-5-3-4-6-8(7)10(14-2)12-11-9/h3,5-6H,1-2H3. The average molecular weight is 189 g/mol. The van der Waals surface area contributed by atoms with Gasteiger partial charge in [0.15, 0.2) is 0 Å². The topological polar surface area (TPSA) is 44.2 Å². The lowest BCUT2D eigenvalue weighted by Crippen LogP contribution is -1.96. The minimum Gasteiger partial charge on any atom is -0.479 e. The maximum atomic E-state index is 5.08. The third kappa shape index (κ3) is 1.25. The van der Waals surface area contributed by atoms with Gasteiger partial charge in [-0.25, -0.2) is 0 Å². The van der Waals surface area contributed by atoms with E-state index in [1.807, 2.05) is 6.07 Å². The fourth-order valence-electron chi connectivity index (χ4n) is 1.29. The molecule has 2 rings (SSSR count). The molecule has 4 heteroatoms. The van der Waals surface area contributed by atoms with Gasteiger partial charge in [0.25, 0.3) is 0 Å². The molecule has 1 radical (unpaired) electrons. The molecule has 0 bridgehead atoms. The van der Waals surface area contributed by atoms with Gasteiger partial charge in [0, 0.05) is 0 Å². The Kier molecular flexibility index (Phi) is 2.18. The van der Waals surface area contributed by atoms with Crippen molar-refractivity contribution in [2.45, 2.75) is 0 Å². The Morgan fingerprint density at radius 2 is 1.71 bits per heavy atom. The molecule has 4 nitrogen and oxygen atoms in total. The maximum absolute atomic E-state index is 5.08. The molecule has 1 heterocycles. The molecule has 0 aliphatic carbocycles. The highest BCUT2D eigenvalue weighted by Crippen LogP contribution is 2.27. The third-order valence-electron chi connectivity index (χ3n) is 1.94. The van der Waals surface area contributed by atoms with Crippen LogP contribution >= 0.6 is 0 Å². The molecule has 2 aromatic rings. The molecule has 0 fully saturated rings. The van der Waals surface area contributed by atoms with Crippen LogP contribution in [0.2, 0.25) is 0 Å². The molecule has 0 amide bonds. The van der Waals surface area contributed by atoms with Crippen molar-refractivity contribution >= 4 is 10.8 Å². The van der Waals surface area contributed by atoms with E-state index < -0.39 is 0 Å². The predicted molar refractivity (Wildman–Crippen MR) is 51.5 cm³/mol. The van der Waals surface area contributed by atoms with Gasteiger partial charge in [0.05, 0.1) is 25.0 Å². The maximum Gasteiger partial charge on any atom is 0.241 e. The minimum absolute atomic E-state index is 0.484. The Morgan fingerprint density at radius 1 is 1.07 bits per heavy atom. The van der Waals surface area contributed by atoms with Crippen molar-refractivity contribution in [3.05, 3.63) is 24.3 Å². The van der Waals surface area contributed by atoms with Gasteiger partial charge in [-0.05, 0) is 18.2 Å². The van der Waals surface area contributed by atoms with Gasteiger partial charge in [-0.15, -0.1) is 10.2 Å². The van der Waals surface area contributed by atoms with Crippen LogP contribution in [0.25, 0.3) is 10.8 Å². The number of ether oxygens (including phenoxy) is 2. The van der Waals surface area contributed by atoms with E-state index in [0.29, 0.717) is 11.8 Å². The fourth-order valence-corrected chi connectivity index (χ4v) is 1.29. The highest BCUT2D eigenvalue weighted by atomic mass is 16.5. The van der Waals surface area contributed by atoms with Crippen molar-refractivity contribution in [1.29, 1.82) is 0 Å². The van der Waals surface area contributed by atoms with Crippen LogP contribution in [-0.2, 0) is 0 Å². The first-order valence-electron chi connectivity index (χ1n) is 4.11. The Bertz CT molecular complexity index is 414. The summed E-state index contributed by atoms with van der Waals surface area (Å²) in [6.07, 6.45) is 0. The van der Waals surface area contributed by atoms with E-state index in [0.717, 1.165) is 10.8 Å². The normalized spacial score (nSPS) is 10.1. The number of fused-ring (bicyclic) bond motifs is 1. The number of hydrogen-bond donors (Lipinski definition) is 0. The monoisotopic (exact) mass is 189 g/mol. The molecule has 0 saturated carbocycles. The first-order chi connectivity index (χ1) is 6.86.